The molecule has 0 aliphatic rings. The molecule has 0 aromatic heterocycles. The van der Waals surface area contributed by atoms with Gasteiger partial charge in [-0.15, -0.1) is 0 Å². The first kappa shape index (κ1) is 12.7. The van der Waals surface area contributed by atoms with Crippen LogP contribution in [0, 0.1) is 17.0 Å². The molecule has 0 atom stereocenters. The fraction of sp³-hybridized carbons (Fsp3) is 0.250. The number of rotatable bonds is 3. The number of hydrogen-bond acceptors (Lipinski definition) is 5. The first-order valence-corrected chi connectivity index (χ1v) is 6.36. The van der Waals surface area contributed by atoms with E-state index < -0.39 is 14.0 Å². The monoisotopic (exact) mass is 265 g/mol. The van der Waals surface area contributed by atoms with E-state index in [2.05, 4.69) is 0 Å². The van der Waals surface area contributed by atoms with Crippen LogP contribution >= 0.6 is 10.7 Å². The Morgan fingerprint density at radius 1 is 1.44 bits per heavy atom. The van der Waals surface area contributed by atoms with Crippen LogP contribution < -0.4 is 4.74 Å². The van der Waals surface area contributed by atoms with Crippen molar-refractivity contribution in [1.82, 2.24) is 0 Å². The quantitative estimate of drug-likeness (QED) is 0.473. The summed E-state index contributed by atoms with van der Waals surface area (Å²) in [6, 6.07) is 2.28. The highest BCUT2D eigenvalue weighted by molar-refractivity contribution is 8.13. The first-order valence-electron chi connectivity index (χ1n) is 4.05. The van der Waals surface area contributed by atoms with E-state index in [4.69, 9.17) is 15.4 Å². The Morgan fingerprint density at radius 3 is 2.38 bits per heavy atom. The van der Waals surface area contributed by atoms with Crippen LogP contribution in [0.3, 0.4) is 0 Å². The number of nitro benzene ring substituents is 1. The van der Waals surface area contributed by atoms with Crippen LogP contribution in [-0.4, -0.2) is 20.5 Å². The van der Waals surface area contributed by atoms with Gasteiger partial charge in [-0.25, -0.2) is 8.42 Å². The molecular weight excluding hydrogens is 258 g/mol. The van der Waals surface area contributed by atoms with Gasteiger partial charge in [0, 0.05) is 22.3 Å². The summed E-state index contributed by atoms with van der Waals surface area (Å²) in [6.45, 7) is 1.31. The number of halogens is 1. The number of methoxy groups -OCH3 is 1. The van der Waals surface area contributed by atoms with Crippen molar-refractivity contribution in [3.8, 4) is 5.75 Å². The molecule has 0 saturated heterocycles. The highest BCUT2D eigenvalue weighted by Gasteiger charge is 2.23. The van der Waals surface area contributed by atoms with Crippen molar-refractivity contribution in [2.24, 2.45) is 0 Å². The molecule has 0 heterocycles. The summed E-state index contributed by atoms with van der Waals surface area (Å²) >= 11 is 0. The summed E-state index contributed by atoms with van der Waals surface area (Å²) in [6.07, 6.45) is 0. The molecule has 0 radical (unpaired) electrons. The number of benzene rings is 1. The maximum Gasteiger partial charge on any atom is 0.277 e. The SMILES string of the molecule is COc1cc([N+](=O)[O-])c(C)c(S(=O)(=O)Cl)c1. The van der Waals surface area contributed by atoms with Gasteiger partial charge < -0.3 is 4.74 Å². The average Bonchev–Trinajstić information content (AvgIpc) is 2.15. The Labute approximate surface area is 96.4 Å². The summed E-state index contributed by atoms with van der Waals surface area (Å²) in [4.78, 5) is 9.67. The van der Waals surface area contributed by atoms with Gasteiger partial charge in [-0.05, 0) is 6.92 Å². The van der Waals surface area contributed by atoms with Crippen molar-refractivity contribution in [3.05, 3.63) is 27.8 Å². The van der Waals surface area contributed by atoms with E-state index in [9.17, 15) is 18.5 Å². The first-order chi connectivity index (χ1) is 7.27. The van der Waals surface area contributed by atoms with Gasteiger partial charge in [0.05, 0.1) is 23.0 Å². The lowest BCUT2D eigenvalue weighted by molar-refractivity contribution is -0.385. The number of hydrogen-bond donors (Lipinski definition) is 0. The highest BCUT2D eigenvalue weighted by Crippen LogP contribution is 2.32. The van der Waals surface area contributed by atoms with Gasteiger partial charge in [-0.1, -0.05) is 0 Å². The van der Waals surface area contributed by atoms with Crippen molar-refractivity contribution >= 4 is 25.4 Å². The molecule has 0 unspecified atom stereocenters. The van der Waals surface area contributed by atoms with Gasteiger partial charge in [-0.2, -0.15) is 0 Å². The standard InChI is InChI=1S/C8H8ClNO5S/c1-5-7(10(11)12)3-6(15-2)4-8(5)16(9,13)14/h3-4H,1-2H3. The largest absolute Gasteiger partial charge is 0.496 e. The van der Waals surface area contributed by atoms with Gasteiger partial charge in [0.25, 0.3) is 14.7 Å². The lowest BCUT2D eigenvalue weighted by atomic mass is 10.2. The summed E-state index contributed by atoms with van der Waals surface area (Å²) in [5.41, 5.74) is -0.362. The Kier molecular flexibility index (Phi) is 3.39. The molecule has 6 nitrogen and oxygen atoms in total. The van der Waals surface area contributed by atoms with E-state index in [0.29, 0.717) is 0 Å². The summed E-state index contributed by atoms with van der Waals surface area (Å²) in [5, 5.41) is 10.7. The third-order valence-corrected chi connectivity index (χ3v) is 3.45. The zero-order chi connectivity index (χ0) is 12.5. The van der Waals surface area contributed by atoms with Crippen LogP contribution in [0.1, 0.15) is 5.56 Å². The molecular formula is C8H8ClNO5S. The summed E-state index contributed by atoms with van der Waals surface area (Å²) in [5.74, 6) is 0.0662. The Balaban J connectivity index is 3.63. The predicted octanol–water partition coefficient (Wildman–Crippen LogP) is 1.84. The van der Waals surface area contributed by atoms with E-state index in [0.717, 1.165) is 12.1 Å². The molecule has 0 bridgehead atoms. The second-order valence-electron chi connectivity index (χ2n) is 2.96. The molecule has 0 aliphatic carbocycles. The lowest BCUT2D eigenvalue weighted by Gasteiger charge is -2.06. The lowest BCUT2D eigenvalue weighted by Crippen LogP contribution is -2.01. The van der Waals surface area contributed by atoms with E-state index in [-0.39, 0.29) is 21.9 Å². The Morgan fingerprint density at radius 2 is 2.00 bits per heavy atom. The molecule has 88 valence electrons. The van der Waals surface area contributed by atoms with E-state index in [1.165, 1.54) is 14.0 Å². The van der Waals surface area contributed by atoms with E-state index in [1.54, 1.807) is 0 Å². The zero-order valence-corrected chi connectivity index (χ0v) is 10.0. The fourth-order valence-electron chi connectivity index (χ4n) is 1.21. The van der Waals surface area contributed by atoms with Gasteiger partial charge in [-0.3, -0.25) is 10.1 Å². The molecule has 0 spiro atoms. The normalized spacial score (nSPS) is 11.2. The number of nitrogens with zero attached hydrogens (tertiary/aromatic N) is 1. The molecule has 16 heavy (non-hydrogen) atoms. The van der Waals surface area contributed by atoms with Crippen molar-refractivity contribution in [2.45, 2.75) is 11.8 Å². The second-order valence-corrected chi connectivity index (χ2v) is 5.50. The van der Waals surface area contributed by atoms with Gasteiger partial charge in [0.2, 0.25) is 0 Å². The Hall–Kier alpha value is -1.34. The Bertz CT molecular complexity index is 540. The van der Waals surface area contributed by atoms with Crippen molar-refractivity contribution < 1.29 is 18.1 Å². The molecule has 1 aromatic carbocycles. The van der Waals surface area contributed by atoms with Crippen LogP contribution in [0.4, 0.5) is 5.69 Å². The highest BCUT2D eigenvalue weighted by atomic mass is 35.7. The van der Waals surface area contributed by atoms with Crippen LogP contribution in [0.15, 0.2) is 17.0 Å². The maximum absolute atomic E-state index is 11.2. The summed E-state index contributed by atoms with van der Waals surface area (Å²) in [7, 11) is 2.41. The van der Waals surface area contributed by atoms with Gasteiger partial charge in [0.1, 0.15) is 5.75 Å². The average molecular weight is 266 g/mol. The fourth-order valence-corrected chi connectivity index (χ4v) is 2.42. The molecule has 1 aromatic rings. The van der Waals surface area contributed by atoms with Crippen molar-refractivity contribution in [3.63, 3.8) is 0 Å². The second kappa shape index (κ2) is 4.26. The molecule has 8 heteroatoms. The number of ether oxygens (including phenoxy) is 1. The third kappa shape index (κ3) is 2.42. The van der Waals surface area contributed by atoms with Crippen molar-refractivity contribution in [1.29, 1.82) is 0 Å². The van der Waals surface area contributed by atoms with Gasteiger partial charge in [0.15, 0.2) is 0 Å². The molecule has 0 fully saturated rings. The summed E-state index contributed by atoms with van der Waals surface area (Å²) < 4.78 is 27.1. The van der Waals surface area contributed by atoms with E-state index in [1.807, 2.05) is 0 Å². The molecule has 1 rings (SSSR count). The number of nitro groups is 1. The molecule has 0 amide bonds. The van der Waals surface area contributed by atoms with Crippen LogP contribution in [0.5, 0.6) is 5.75 Å². The third-order valence-electron chi connectivity index (χ3n) is 2.00. The molecule has 0 saturated carbocycles. The van der Waals surface area contributed by atoms with Crippen LogP contribution in [0.2, 0.25) is 0 Å². The molecule has 0 aliphatic heterocycles. The predicted molar refractivity (Wildman–Crippen MR) is 57.4 cm³/mol. The molecule has 0 N–H and O–H groups in total. The smallest absolute Gasteiger partial charge is 0.277 e. The van der Waals surface area contributed by atoms with Crippen LogP contribution in [-0.2, 0) is 9.05 Å². The minimum atomic E-state index is -4.03. The van der Waals surface area contributed by atoms with E-state index >= 15 is 0 Å². The minimum absolute atomic E-state index is 0.0131. The topological polar surface area (TPSA) is 86.5 Å². The van der Waals surface area contributed by atoms with Gasteiger partial charge >= 0.3 is 0 Å². The van der Waals surface area contributed by atoms with Crippen LogP contribution in [0.25, 0.3) is 0 Å². The minimum Gasteiger partial charge on any atom is -0.496 e. The van der Waals surface area contributed by atoms with Crippen molar-refractivity contribution in [2.75, 3.05) is 7.11 Å². The maximum atomic E-state index is 11.2. The zero-order valence-electron chi connectivity index (χ0n) is 8.43.